The molecule has 1 aliphatic carbocycles. The molecule has 0 amide bonds. The molecule has 0 atom stereocenters. The fourth-order valence-corrected chi connectivity index (χ4v) is 2.59. The van der Waals surface area contributed by atoms with Gasteiger partial charge in [-0.25, -0.2) is 0 Å². The van der Waals surface area contributed by atoms with Gasteiger partial charge in [-0.1, -0.05) is 37.3 Å². The van der Waals surface area contributed by atoms with Crippen LogP contribution in [0.3, 0.4) is 0 Å². The third-order valence-corrected chi connectivity index (χ3v) is 3.59. The van der Waals surface area contributed by atoms with Crippen LogP contribution in [-0.2, 0) is 0 Å². The van der Waals surface area contributed by atoms with Crippen LogP contribution >= 0.6 is 11.6 Å². The van der Waals surface area contributed by atoms with Gasteiger partial charge >= 0.3 is 0 Å². The van der Waals surface area contributed by atoms with Crippen molar-refractivity contribution in [2.75, 3.05) is 17.6 Å². The van der Waals surface area contributed by atoms with E-state index in [1.54, 1.807) is 6.07 Å². The van der Waals surface area contributed by atoms with Crippen molar-refractivity contribution in [2.24, 2.45) is 5.92 Å². The third-order valence-electron chi connectivity index (χ3n) is 3.36. The number of nitrogens with one attached hydrogen (secondary N) is 1. The Morgan fingerprint density at radius 1 is 1.31 bits per heavy atom. The fraction of sp³-hybridized carbons (Fsp3) is 0.538. The van der Waals surface area contributed by atoms with E-state index in [2.05, 4.69) is 5.32 Å². The average Bonchev–Trinajstić information content (AvgIpc) is 2.74. The predicted molar refractivity (Wildman–Crippen MR) is 70.9 cm³/mol. The second-order valence-corrected chi connectivity index (χ2v) is 5.03. The van der Waals surface area contributed by atoms with Crippen LogP contribution < -0.4 is 11.1 Å². The van der Waals surface area contributed by atoms with E-state index in [-0.39, 0.29) is 0 Å². The molecule has 0 radical (unpaired) electrons. The van der Waals surface area contributed by atoms with Gasteiger partial charge in [-0.3, -0.25) is 0 Å². The van der Waals surface area contributed by atoms with E-state index in [4.69, 9.17) is 17.3 Å². The normalized spacial score (nSPS) is 16.6. The van der Waals surface area contributed by atoms with Crippen LogP contribution in [0.15, 0.2) is 18.2 Å². The lowest BCUT2D eigenvalue weighted by molar-refractivity contribution is 0.519. The van der Waals surface area contributed by atoms with Gasteiger partial charge in [-0.05, 0) is 30.5 Å². The second kappa shape index (κ2) is 5.44. The lowest BCUT2D eigenvalue weighted by Gasteiger charge is -2.12. The number of nitrogen functional groups attached to an aromatic ring is 1. The van der Waals surface area contributed by atoms with Crippen molar-refractivity contribution in [2.45, 2.75) is 32.1 Å². The van der Waals surface area contributed by atoms with Gasteiger partial charge in [0.2, 0.25) is 0 Å². The van der Waals surface area contributed by atoms with Crippen LogP contribution in [0.25, 0.3) is 0 Å². The van der Waals surface area contributed by atoms with Crippen LogP contribution in [0.2, 0.25) is 5.02 Å². The zero-order chi connectivity index (χ0) is 11.4. The Balaban J connectivity index is 1.80. The summed E-state index contributed by atoms with van der Waals surface area (Å²) in [4.78, 5) is 0. The van der Waals surface area contributed by atoms with Crippen LogP contribution in [0.4, 0.5) is 11.4 Å². The Morgan fingerprint density at radius 3 is 2.75 bits per heavy atom. The molecule has 1 fully saturated rings. The maximum Gasteiger partial charge on any atom is 0.0574 e. The fourth-order valence-electron chi connectivity index (χ4n) is 2.40. The molecule has 0 saturated heterocycles. The molecule has 0 aromatic heterocycles. The van der Waals surface area contributed by atoms with E-state index < -0.39 is 0 Å². The van der Waals surface area contributed by atoms with Crippen molar-refractivity contribution in [3.8, 4) is 0 Å². The van der Waals surface area contributed by atoms with Gasteiger partial charge in [0, 0.05) is 11.6 Å². The molecule has 0 spiro atoms. The van der Waals surface area contributed by atoms with Crippen molar-refractivity contribution < 1.29 is 0 Å². The number of anilines is 2. The van der Waals surface area contributed by atoms with Crippen LogP contribution in [0.1, 0.15) is 32.1 Å². The summed E-state index contributed by atoms with van der Waals surface area (Å²) < 4.78 is 0. The maximum absolute atomic E-state index is 5.87. The Kier molecular flexibility index (Phi) is 3.94. The molecule has 1 aliphatic rings. The molecule has 3 heteroatoms. The molecule has 1 saturated carbocycles. The number of nitrogens with two attached hydrogens (primary N) is 1. The first-order valence-electron chi connectivity index (χ1n) is 6.04. The van der Waals surface area contributed by atoms with E-state index >= 15 is 0 Å². The van der Waals surface area contributed by atoms with Crippen molar-refractivity contribution in [3.63, 3.8) is 0 Å². The lowest BCUT2D eigenvalue weighted by atomic mass is 10.0. The van der Waals surface area contributed by atoms with Gasteiger partial charge in [-0.2, -0.15) is 0 Å². The Hall–Kier alpha value is -0.890. The van der Waals surface area contributed by atoms with E-state index in [0.717, 1.165) is 23.8 Å². The topological polar surface area (TPSA) is 38.0 Å². The number of halogens is 1. The molecule has 1 aromatic carbocycles. The quantitative estimate of drug-likeness (QED) is 0.781. The molecular weight excluding hydrogens is 220 g/mol. The molecule has 3 N–H and O–H groups in total. The minimum absolute atomic E-state index is 0.693. The average molecular weight is 239 g/mol. The SMILES string of the molecule is Nc1cc(Cl)ccc1NCCC1CCCC1. The van der Waals surface area contributed by atoms with Crippen LogP contribution in [0, 0.1) is 5.92 Å². The zero-order valence-corrected chi connectivity index (χ0v) is 10.3. The Labute approximate surface area is 102 Å². The molecule has 88 valence electrons. The van der Waals surface area contributed by atoms with Crippen molar-refractivity contribution in [3.05, 3.63) is 23.2 Å². The smallest absolute Gasteiger partial charge is 0.0574 e. The highest BCUT2D eigenvalue weighted by Gasteiger charge is 2.14. The highest BCUT2D eigenvalue weighted by Crippen LogP contribution is 2.28. The first-order chi connectivity index (χ1) is 7.75. The van der Waals surface area contributed by atoms with Gasteiger partial charge in [0.15, 0.2) is 0 Å². The number of benzene rings is 1. The van der Waals surface area contributed by atoms with E-state index in [1.807, 2.05) is 12.1 Å². The molecule has 1 aromatic rings. The first-order valence-corrected chi connectivity index (χ1v) is 6.42. The van der Waals surface area contributed by atoms with Gasteiger partial charge in [0.1, 0.15) is 0 Å². The van der Waals surface area contributed by atoms with E-state index in [1.165, 1.54) is 32.1 Å². The van der Waals surface area contributed by atoms with Gasteiger partial charge in [0.25, 0.3) is 0 Å². The molecule has 0 heterocycles. The van der Waals surface area contributed by atoms with Crippen LogP contribution in [-0.4, -0.2) is 6.54 Å². The minimum atomic E-state index is 0.693. The molecule has 16 heavy (non-hydrogen) atoms. The second-order valence-electron chi connectivity index (χ2n) is 4.60. The zero-order valence-electron chi connectivity index (χ0n) is 9.51. The summed E-state index contributed by atoms with van der Waals surface area (Å²) in [5.74, 6) is 0.918. The minimum Gasteiger partial charge on any atom is -0.397 e. The molecule has 2 nitrogen and oxygen atoms in total. The van der Waals surface area contributed by atoms with Gasteiger partial charge in [0.05, 0.1) is 11.4 Å². The highest BCUT2D eigenvalue weighted by atomic mass is 35.5. The van der Waals surface area contributed by atoms with Gasteiger partial charge < -0.3 is 11.1 Å². The largest absolute Gasteiger partial charge is 0.397 e. The number of rotatable bonds is 4. The summed E-state index contributed by atoms with van der Waals surface area (Å²) in [5.41, 5.74) is 7.61. The van der Waals surface area contributed by atoms with E-state index in [0.29, 0.717) is 5.02 Å². The summed E-state index contributed by atoms with van der Waals surface area (Å²) in [7, 11) is 0. The predicted octanol–water partition coefficient (Wildman–Crippen LogP) is 3.91. The maximum atomic E-state index is 5.87. The number of hydrogen-bond donors (Lipinski definition) is 2. The Morgan fingerprint density at radius 2 is 2.06 bits per heavy atom. The third kappa shape index (κ3) is 3.05. The molecule has 0 unspecified atom stereocenters. The summed E-state index contributed by atoms with van der Waals surface area (Å²) in [6.45, 7) is 1.01. The van der Waals surface area contributed by atoms with Crippen molar-refractivity contribution >= 4 is 23.0 Å². The summed E-state index contributed by atoms with van der Waals surface area (Å²) in [6.07, 6.45) is 6.87. The van der Waals surface area contributed by atoms with E-state index in [9.17, 15) is 0 Å². The van der Waals surface area contributed by atoms with Crippen molar-refractivity contribution in [1.29, 1.82) is 0 Å². The highest BCUT2D eigenvalue weighted by molar-refractivity contribution is 6.31. The molecule has 2 rings (SSSR count). The molecular formula is C13H19ClN2. The monoisotopic (exact) mass is 238 g/mol. The summed E-state index contributed by atoms with van der Waals surface area (Å²) in [6, 6.07) is 5.61. The number of hydrogen-bond acceptors (Lipinski definition) is 2. The first kappa shape index (κ1) is 11.6. The Bertz CT molecular complexity index is 346. The lowest BCUT2D eigenvalue weighted by Crippen LogP contribution is -2.08. The van der Waals surface area contributed by atoms with Crippen molar-refractivity contribution in [1.82, 2.24) is 0 Å². The summed E-state index contributed by atoms with van der Waals surface area (Å²) >= 11 is 5.85. The van der Waals surface area contributed by atoms with Gasteiger partial charge in [-0.15, -0.1) is 0 Å². The standard InChI is InChI=1S/C13H19ClN2/c14-11-5-6-13(12(15)9-11)16-8-7-10-3-1-2-4-10/h5-6,9-10,16H,1-4,7-8,15H2. The summed E-state index contributed by atoms with van der Waals surface area (Å²) in [5, 5.41) is 4.08. The van der Waals surface area contributed by atoms with Crippen LogP contribution in [0.5, 0.6) is 0 Å². The molecule has 0 aliphatic heterocycles. The molecule has 0 bridgehead atoms.